The van der Waals surface area contributed by atoms with Gasteiger partial charge in [0, 0.05) is 38.3 Å². The molecule has 0 amide bonds. The summed E-state index contributed by atoms with van der Waals surface area (Å²) in [4.78, 5) is 2.39. The average Bonchev–Trinajstić information content (AvgIpc) is 2.55. The van der Waals surface area contributed by atoms with Crippen LogP contribution in [0.1, 0.15) is 6.42 Å². The second-order valence-corrected chi connectivity index (χ2v) is 5.15. The highest BCUT2D eigenvalue weighted by molar-refractivity contribution is 5.49. The van der Waals surface area contributed by atoms with Crippen molar-refractivity contribution in [2.45, 2.75) is 12.5 Å². The van der Waals surface area contributed by atoms with Gasteiger partial charge >= 0.3 is 0 Å². The molecule has 1 N–H and O–H groups in total. The van der Waals surface area contributed by atoms with Gasteiger partial charge in [0.05, 0.1) is 12.7 Å². The average molecular weight is 278 g/mol. The Morgan fingerprint density at radius 3 is 2.70 bits per heavy atom. The molecule has 110 valence electrons. The maximum atomic E-state index is 5.78. The minimum absolute atomic E-state index is 0.150. The molecule has 0 bridgehead atoms. The van der Waals surface area contributed by atoms with Crippen molar-refractivity contribution >= 4 is 5.69 Å². The lowest BCUT2D eigenvalue weighted by molar-refractivity contribution is -0.147. The Hall–Kier alpha value is -1.30. The van der Waals surface area contributed by atoms with Crippen LogP contribution in [0.5, 0.6) is 5.75 Å². The highest BCUT2D eigenvalue weighted by Crippen LogP contribution is 2.20. The fourth-order valence-electron chi connectivity index (χ4n) is 2.50. The summed E-state index contributed by atoms with van der Waals surface area (Å²) in [6.07, 6.45) is 1.05. The van der Waals surface area contributed by atoms with Crippen LogP contribution >= 0.6 is 0 Å². The van der Waals surface area contributed by atoms with Crippen LogP contribution in [0.4, 0.5) is 5.69 Å². The van der Waals surface area contributed by atoms with Gasteiger partial charge < -0.3 is 24.4 Å². The van der Waals surface area contributed by atoms with Crippen molar-refractivity contribution in [1.82, 2.24) is 5.32 Å². The van der Waals surface area contributed by atoms with Crippen LogP contribution in [0.3, 0.4) is 0 Å². The van der Waals surface area contributed by atoms with Crippen LogP contribution in [-0.4, -0.2) is 52.3 Å². The number of hydrogen-bond acceptors (Lipinski definition) is 5. The summed E-state index contributed by atoms with van der Waals surface area (Å²) in [5.41, 5.74) is 1.26. The van der Waals surface area contributed by atoms with E-state index in [2.05, 4.69) is 22.3 Å². The number of nitrogens with zero attached hydrogens (tertiary/aromatic N) is 1. The first kappa shape index (κ1) is 13.7. The maximum absolute atomic E-state index is 5.78. The lowest BCUT2D eigenvalue weighted by Gasteiger charge is -2.29. The van der Waals surface area contributed by atoms with Crippen LogP contribution in [-0.2, 0) is 9.47 Å². The summed E-state index contributed by atoms with van der Waals surface area (Å²) >= 11 is 0. The number of rotatable bonds is 4. The largest absolute Gasteiger partial charge is 0.491 e. The summed E-state index contributed by atoms with van der Waals surface area (Å²) in [6, 6.07) is 8.34. The molecule has 0 radical (unpaired) electrons. The second kappa shape index (κ2) is 6.92. The molecule has 1 unspecified atom stereocenters. The molecule has 2 saturated heterocycles. The molecule has 2 fully saturated rings. The molecule has 2 aliphatic heterocycles. The van der Waals surface area contributed by atoms with Crippen molar-refractivity contribution in [3.05, 3.63) is 24.3 Å². The minimum Gasteiger partial charge on any atom is -0.491 e. The number of benzene rings is 1. The molecule has 1 aromatic rings. The monoisotopic (exact) mass is 278 g/mol. The topological polar surface area (TPSA) is 43.0 Å². The van der Waals surface area contributed by atoms with Crippen molar-refractivity contribution in [1.29, 1.82) is 0 Å². The van der Waals surface area contributed by atoms with Gasteiger partial charge in [-0.3, -0.25) is 0 Å². The molecule has 2 heterocycles. The summed E-state index contributed by atoms with van der Waals surface area (Å²) in [5.74, 6) is 0.902. The smallest absolute Gasteiger partial charge is 0.147 e. The summed E-state index contributed by atoms with van der Waals surface area (Å²) in [6.45, 7) is 5.98. The van der Waals surface area contributed by atoms with E-state index in [0.717, 1.165) is 45.0 Å². The number of hydrogen-bond donors (Lipinski definition) is 1. The van der Waals surface area contributed by atoms with E-state index in [1.165, 1.54) is 5.69 Å². The van der Waals surface area contributed by atoms with E-state index in [1.807, 2.05) is 12.1 Å². The third-order valence-corrected chi connectivity index (χ3v) is 3.73. The first-order valence-corrected chi connectivity index (χ1v) is 7.30. The lowest BCUT2D eigenvalue weighted by Crippen LogP contribution is -2.43. The molecule has 5 heteroatoms. The summed E-state index contributed by atoms with van der Waals surface area (Å²) < 4.78 is 16.4. The van der Waals surface area contributed by atoms with Gasteiger partial charge in [0.25, 0.3) is 0 Å². The zero-order chi connectivity index (χ0) is 13.6. The number of nitrogens with one attached hydrogen (secondary N) is 1. The number of anilines is 1. The Bertz CT molecular complexity index is 398. The van der Waals surface area contributed by atoms with Gasteiger partial charge in [0.2, 0.25) is 0 Å². The Morgan fingerprint density at radius 1 is 1.20 bits per heavy atom. The molecule has 0 spiro atoms. The van der Waals surface area contributed by atoms with Crippen LogP contribution in [0.25, 0.3) is 0 Å². The van der Waals surface area contributed by atoms with E-state index < -0.39 is 0 Å². The van der Waals surface area contributed by atoms with Crippen molar-refractivity contribution < 1.29 is 14.2 Å². The molecule has 2 aliphatic rings. The zero-order valence-corrected chi connectivity index (χ0v) is 11.7. The Morgan fingerprint density at radius 2 is 2.00 bits per heavy atom. The molecule has 0 aliphatic carbocycles. The van der Waals surface area contributed by atoms with E-state index in [9.17, 15) is 0 Å². The fraction of sp³-hybridized carbons (Fsp3) is 0.600. The van der Waals surface area contributed by atoms with Gasteiger partial charge in [0.15, 0.2) is 0 Å². The molecule has 0 saturated carbocycles. The standard InChI is InChI=1S/C15H22N2O3/c1-3-14(19-11-15-5-10-18-12-20-15)4-2-13(1)17-8-6-16-7-9-17/h1-4,15-16H,5-12H2. The van der Waals surface area contributed by atoms with E-state index in [1.54, 1.807) is 0 Å². The number of piperazine rings is 1. The third kappa shape index (κ3) is 3.62. The SMILES string of the molecule is c1cc(N2CCNCC2)ccc1OCC1CCOCO1. The number of ether oxygens (including phenoxy) is 3. The van der Waals surface area contributed by atoms with Gasteiger partial charge in [0.1, 0.15) is 19.1 Å². The Balaban J connectivity index is 1.50. The lowest BCUT2D eigenvalue weighted by atomic mass is 10.2. The summed E-state index contributed by atoms with van der Waals surface area (Å²) in [5, 5.41) is 3.36. The Kier molecular flexibility index (Phi) is 4.73. The maximum Gasteiger partial charge on any atom is 0.147 e. The minimum atomic E-state index is 0.150. The molecule has 5 nitrogen and oxygen atoms in total. The molecule has 20 heavy (non-hydrogen) atoms. The zero-order valence-electron chi connectivity index (χ0n) is 11.7. The quantitative estimate of drug-likeness (QED) is 0.897. The normalized spacial score (nSPS) is 23.6. The second-order valence-electron chi connectivity index (χ2n) is 5.15. The van der Waals surface area contributed by atoms with Gasteiger partial charge in [-0.2, -0.15) is 0 Å². The predicted octanol–water partition coefficient (Wildman–Crippen LogP) is 1.24. The van der Waals surface area contributed by atoms with Gasteiger partial charge in [-0.25, -0.2) is 0 Å². The highest BCUT2D eigenvalue weighted by Gasteiger charge is 2.15. The Labute approximate surface area is 119 Å². The molecular weight excluding hydrogens is 256 g/mol. The molecular formula is C15H22N2O3. The first-order valence-electron chi connectivity index (χ1n) is 7.30. The van der Waals surface area contributed by atoms with Crippen LogP contribution in [0.15, 0.2) is 24.3 Å². The molecule has 3 rings (SSSR count). The van der Waals surface area contributed by atoms with Crippen molar-refractivity contribution in [2.75, 3.05) is 51.1 Å². The van der Waals surface area contributed by atoms with Gasteiger partial charge in [-0.05, 0) is 24.3 Å². The van der Waals surface area contributed by atoms with E-state index in [0.29, 0.717) is 13.4 Å². The van der Waals surface area contributed by atoms with Gasteiger partial charge in [-0.15, -0.1) is 0 Å². The van der Waals surface area contributed by atoms with E-state index in [4.69, 9.17) is 14.2 Å². The summed E-state index contributed by atoms with van der Waals surface area (Å²) in [7, 11) is 0. The highest BCUT2D eigenvalue weighted by atomic mass is 16.7. The van der Waals surface area contributed by atoms with Crippen LogP contribution in [0.2, 0.25) is 0 Å². The van der Waals surface area contributed by atoms with Crippen molar-refractivity contribution in [3.8, 4) is 5.75 Å². The molecule has 1 atom stereocenters. The molecule has 0 aromatic heterocycles. The van der Waals surface area contributed by atoms with Crippen LogP contribution in [0, 0.1) is 0 Å². The first-order chi connectivity index (χ1) is 9.92. The van der Waals surface area contributed by atoms with Crippen molar-refractivity contribution in [2.24, 2.45) is 0 Å². The van der Waals surface area contributed by atoms with E-state index in [-0.39, 0.29) is 6.10 Å². The fourth-order valence-corrected chi connectivity index (χ4v) is 2.50. The van der Waals surface area contributed by atoms with E-state index >= 15 is 0 Å². The van der Waals surface area contributed by atoms with Gasteiger partial charge in [-0.1, -0.05) is 0 Å². The van der Waals surface area contributed by atoms with Crippen LogP contribution < -0.4 is 15.0 Å². The third-order valence-electron chi connectivity index (χ3n) is 3.73. The molecule has 1 aromatic carbocycles. The predicted molar refractivity (Wildman–Crippen MR) is 77.3 cm³/mol. The van der Waals surface area contributed by atoms with Crippen molar-refractivity contribution in [3.63, 3.8) is 0 Å².